The molecule has 0 fully saturated rings. The summed E-state index contributed by atoms with van der Waals surface area (Å²) in [6.07, 6.45) is 0. The number of hydrogen-bond acceptors (Lipinski definition) is 4. The third kappa shape index (κ3) is 3.60. The molecular weight excluding hydrogens is 318 g/mol. The number of carbonyl (C=O) groups is 1. The van der Waals surface area contributed by atoms with Gasteiger partial charge in [0.25, 0.3) is 5.56 Å². The third-order valence-electron chi connectivity index (χ3n) is 4.17. The average Bonchev–Trinajstić information content (AvgIpc) is 2.95. The third-order valence-corrected chi connectivity index (χ3v) is 4.17. The van der Waals surface area contributed by atoms with Crippen LogP contribution in [0.5, 0.6) is 0 Å². The summed E-state index contributed by atoms with van der Waals surface area (Å²) in [5, 5.41) is 7.01. The number of benzene rings is 1. The van der Waals surface area contributed by atoms with Gasteiger partial charge in [0.05, 0.1) is 22.8 Å². The predicted molar refractivity (Wildman–Crippen MR) is 95.4 cm³/mol. The maximum atomic E-state index is 12.3. The van der Waals surface area contributed by atoms with E-state index in [2.05, 4.69) is 20.4 Å². The van der Waals surface area contributed by atoms with Crippen molar-refractivity contribution in [1.29, 1.82) is 0 Å². The van der Waals surface area contributed by atoms with Crippen LogP contribution in [0.15, 0.2) is 29.1 Å². The topological polar surface area (TPSA) is 92.7 Å². The van der Waals surface area contributed by atoms with E-state index in [0.29, 0.717) is 5.82 Å². The van der Waals surface area contributed by atoms with Crippen molar-refractivity contribution < 1.29 is 4.79 Å². The number of carbonyl (C=O) groups excluding carboxylic acids is 1. The van der Waals surface area contributed by atoms with E-state index in [4.69, 9.17) is 0 Å². The van der Waals surface area contributed by atoms with Crippen LogP contribution in [0.25, 0.3) is 11.0 Å². The normalized spacial score (nSPS) is 12.3. The van der Waals surface area contributed by atoms with Gasteiger partial charge in [-0.3, -0.25) is 9.59 Å². The number of hydrogen-bond donors (Lipinski definition) is 2. The van der Waals surface area contributed by atoms with Crippen LogP contribution >= 0.6 is 0 Å². The molecule has 0 aliphatic carbocycles. The van der Waals surface area contributed by atoms with E-state index in [-0.39, 0.29) is 24.1 Å². The summed E-state index contributed by atoms with van der Waals surface area (Å²) in [7, 11) is 0. The molecule has 1 amide bonds. The van der Waals surface area contributed by atoms with E-state index in [9.17, 15) is 9.59 Å². The molecule has 1 atom stereocenters. The quantitative estimate of drug-likeness (QED) is 0.759. The molecule has 0 aliphatic rings. The molecule has 0 saturated carbocycles. The first kappa shape index (κ1) is 16.9. The summed E-state index contributed by atoms with van der Waals surface area (Å²) in [5.74, 6) is 0.385. The van der Waals surface area contributed by atoms with Gasteiger partial charge in [-0.15, -0.1) is 0 Å². The molecule has 0 saturated heterocycles. The van der Waals surface area contributed by atoms with Gasteiger partial charge in [-0.2, -0.15) is 5.10 Å². The number of nitrogens with zero attached hydrogens (tertiary/aromatic N) is 3. The lowest BCUT2D eigenvalue weighted by Crippen LogP contribution is -2.35. The van der Waals surface area contributed by atoms with Crippen molar-refractivity contribution in [2.45, 2.75) is 40.3 Å². The van der Waals surface area contributed by atoms with Crippen molar-refractivity contribution in [2.75, 3.05) is 0 Å². The maximum Gasteiger partial charge on any atom is 0.267 e. The summed E-state index contributed by atoms with van der Waals surface area (Å²) in [5.41, 5.74) is 4.18. The van der Waals surface area contributed by atoms with Crippen LogP contribution in [0.4, 0.5) is 0 Å². The zero-order valence-electron chi connectivity index (χ0n) is 14.8. The second-order valence-electron chi connectivity index (χ2n) is 6.34. The van der Waals surface area contributed by atoms with Gasteiger partial charge in [0.1, 0.15) is 12.4 Å². The number of amides is 1. The zero-order chi connectivity index (χ0) is 18.1. The highest BCUT2D eigenvalue weighted by molar-refractivity contribution is 5.77. The van der Waals surface area contributed by atoms with E-state index in [1.54, 1.807) is 0 Å². The summed E-state index contributed by atoms with van der Waals surface area (Å²) in [6.45, 7) is 7.36. The molecule has 3 rings (SSSR count). The average molecular weight is 339 g/mol. The van der Waals surface area contributed by atoms with Crippen LogP contribution in [-0.4, -0.2) is 25.7 Å². The highest BCUT2D eigenvalue weighted by Crippen LogP contribution is 2.17. The number of aromatic amines is 1. The fraction of sp³-hybridized carbons (Fsp3) is 0.333. The second-order valence-corrected chi connectivity index (χ2v) is 6.34. The summed E-state index contributed by atoms with van der Waals surface area (Å²) in [6, 6.07) is 7.13. The second kappa shape index (κ2) is 6.51. The van der Waals surface area contributed by atoms with Crippen LogP contribution in [0.2, 0.25) is 0 Å². The smallest absolute Gasteiger partial charge is 0.267 e. The summed E-state index contributed by atoms with van der Waals surface area (Å²) >= 11 is 0. The van der Waals surface area contributed by atoms with Crippen molar-refractivity contribution >= 4 is 16.9 Å². The Bertz CT molecular complexity index is 1000. The Kier molecular flexibility index (Phi) is 4.39. The van der Waals surface area contributed by atoms with Crippen molar-refractivity contribution in [3.63, 3.8) is 0 Å². The number of rotatable bonds is 4. The molecule has 25 heavy (non-hydrogen) atoms. The lowest BCUT2D eigenvalue weighted by atomic mass is 10.2. The minimum absolute atomic E-state index is 0.121. The van der Waals surface area contributed by atoms with Gasteiger partial charge in [0.2, 0.25) is 5.91 Å². The molecule has 0 bridgehead atoms. The first-order valence-corrected chi connectivity index (χ1v) is 8.14. The highest BCUT2D eigenvalue weighted by atomic mass is 16.2. The Hall–Kier alpha value is -2.96. The van der Waals surface area contributed by atoms with E-state index in [1.807, 2.05) is 45.9 Å². The number of aromatic nitrogens is 4. The monoisotopic (exact) mass is 339 g/mol. The number of fused-ring (bicyclic) bond motifs is 1. The van der Waals surface area contributed by atoms with Crippen LogP contribution in [-0.2, 0) is 11.3 Å². The molecule has 2 heterocycles. The molecule has 0 unspecified atom stereocenters. The molecule has 130 valence electrons. The Balaban J connectivity index is 1.73. The number of H-pyrrole nitrogens is 1. The fourth-order valence-corrected chi connectivity index (χ4v) is 2.63. The summed E-state index contributed by atoms with van der Waals surface area (Å²) in [4.78, 5) is 31.9. The predicted octanol–water partition coefficient (Wildman–Crippen LogP) is 1.92. The van der Waals surface area contributed by atoms with Crippen molar-refractivity contribution in [3.05, 3.63) is 57.3 Å². The van der Waals surface area contributed by atoms with E-state index in [1.165, 1.54) is 10.7 Å². The lowest BCUT2D eigenvalue weighted by Gasteiger charge is -2.12. The van der Waals surface area contributed by atoms with E-state index in [0.717, 1.165) is 27.9 Å². The van der Waals surface area contributed by atoms with Crippen LogP contribution < -0.4 is 10.9 Å². The molecule has 3 aromatic rings. The Morgan fingerprint density at radius 2 is 2.04 bits per heavy atom. The minimum Gasteiger partial charge on any atom is -0.345 e. The summed E-state index contributed by atoms with van der Waals surface area (Å²) < 4.78 is 1.17. The minimum atomic E-state index is -0.303. The number of nitrogens with one attached hydrogen (secondary N) is 2. The molecule has 7 heteroatoms. The zero-order valence-corrected chi connectivity index (χ0v) is 14.8. The van der Waals surface area contributed by atoms with Crippen LogP contribution in [0, 0.1) is 20.8 Å². The van der Waals surface area contributed by atoms with Gasteiger partial charge in [-0.25, -0.2) is 9.67 Å². The largest absolute Gasteiger partial charge is 0.345 e. The highest BCUT2D eigenvalue weighted by Gasteiger charge is 2.15. The fourth-order valence-electron chi connectivity index (χ4n) is 2.63. The van der Waals surface area contributed by atoms with Crippen molar-refractivity contribution in [1.82, 2.24) is 25.1 Å². The van der Waals surface area contributed by atoms with Crippen LogP contribution in [0.3, 0.4) is 0 Å². The van der Waals surface area contributed by atoms with Gasteiger partial charge in [0.15, 0.2) is 0 Å². The van der Waals surface area contributed by atoms with Gasteiger partial charge in [-0.1, -0.05) is 6.07 Å². The van der Waals surface area contributed by atoms with Gasteiger partial charge < -0.3 is 10.3 Å². The Morgan fingerprint density at radius 1 is 1.28 bits per heavy atom. The van der Waals surface area contributed by atoms with Gasteiger partial charge in [-0.05, 0) is 51.0 Å². The van der Waals surface area contributed by atoms with Crippen molar-refractivity contribution in [3.8, 4) is 0 Å². The lowest BCUT2D eigenvalue weighted by molar-refractivity contribution is -0.122. The molecular formula is C18H21N5O2. The first-order chi connectivity index (χ1) is 11.8. The van der Waals surface area contributed by atoms with E-state index < -0.39 is 0 Å². The number of aryl methyl sites for hydroxylation is 3. The molecule has 2 aromatic heterocycles. The first-order valence-electron chi connectivity index (χ1n) is 8.14. The maximum absolute atomic E-state index is 12.3. The molecule has 0 radical (unpaired) electrons. The van der Waals surface area contributed by atoms with Crippen LogP contribution in [0.1, 0.15) is 35.6 Å². The molecule has 0 spiro atoms. The SMILES string of the molecule is Cc1ccc2nc([C@@H](C)NC(=O)Cn3nc(C)c(C)cc3=O)[nH]c2c1. The van der Waals surface area contributed by atoms with Crippen molar-refractivity contribution in [2.24, 2.45) is 0 Å². The Morgan fingerprint density at radius 3 is 2.80 bits per heavy atom. The molecule has 2 N–H and O–H groups in total. The standard InChI is InChI=1S/C18H21N5O2/c1-10-5-6-14-15(7-10)21-18(20-14)13(4)19-16(24)9-23-17(25)8-11(2)12(3)22-23/h5-8,13H,9H2,1-4H3,(H,19,24)(H,20,21)/t13-/m1/s1. The molecule has 1 aromatic carbocycles. The molecule has 7 nitrogen and oxygen atoms in total. The van der Waals surface area contributed by atoms with Gasteiger partial charge >= 0.3 is 0 Å². The number of imidazole rings is 1. The van der Waals surface area contributed by atoms with Gasteiger partial charge in [0, 0.05) is 6.07 Å². The van der Waals surface area contributed by atoms with E-state index >= 15 is 0 Å². The Labute approximate surface area is 145 Å². The molecule has 0 aliphatic heterocycles.